The van der Waals surface area contributed by atoms with Gasteiger partial charge in [-0.05, 0) is 24.1 Å². The molecule has 0 radical (unpaired) electrons. The van der Waals surface area contributed by atoms with Gasteiger partial charge >= 0.3 is 6.03 Å². The summed E-state index contributed by atoms with van der Waals surface area (Å²) in [4.78, 5) is 13.4. The minimum Gasteiger partial charge on any atom is -0.395 e. The second kappa shape index (κ2) is 6.92. The molecule has 110 valence electrons. The molecule has 1 aliphatic heterocycles. The monoisotopic (exact) mass is 298 g/mol. The summed E-state index contributed by atoms with van der Waals surface area (Å²) in [5.41, 5.74) is 1.00. The molecule has 0 aromatic heterocycles. The highest BCUT2D eigenvalue weighted by atomic mass is 35.5. The van der Waals surface area contributed by atoms with E-state index in [2.05, 4.69) is 5.32 Å². The summed E-state index contributed by atoms with van der Waals surface area (Å²) < 4.78 is 5.71. The first-order chi connectivity index (χ1) is 9.61. The van der Waals surface area contributed by atoms with Gasteiger partial charge in [0.15, 0.2) is 0 Å². The number of carbonyl (C=O) groups excluding carboxylic acids is 1. The third-order valence-electron chi connectivity index (χ3n) is 3.38. The highest BCUT2D eigenvalue weighted by molar-refractivity contribution is 6.30. The second-order valence-electron chi connectivity index (χ2n) is 4.83. The van der Waals surface area contributed by atoms with E-state index in [0.717, 1.165) is 12.0 Å². The van der Waals surface area contributed by atoms with Gasteiger partial charge in [-0.1, -0.05) is 23.7 Å². The number of aliphatic hydroxyl groups is 1. The lowest BCUT2D eigenvalue weighted by Crippen LogP contribution is -2.45. The van der Waals surface area contributed by atoms with Gasteiger partial charge in [-0.25, -0.2) is 4.79 Å². The SMILES string of the molecule is CN(CCO)C(=O)NC1CCOC1c1ccc(Cl)cc1. The number of urea groups is 1. The summed E-state index contributed by atoms with van der Waals surface area (Å²) in [5.74, 6) is 0. The van der Waals surface area contributed by atoms with E-state index in [9.17, 15) is 4.79 Å². The van der Waals surface area contributed by atoms with Crippen LogP contribution in [-0.4, -0.2) is 48.9 Å². The fourth-order valence-corrected chi connectivity index (χ4v) is 2.36. The summed E-state index contributed by atoms with van der Waals surface area (Å²) in [6, 6.07) is 7.19. The van der Waals surface area contributed by atoms with Crippen molar-refractivity contribution in [1.29, 1.82) is 0 Å². The maximum Gasteiger partial charge on any atom is 0.317 e. The number of nitrogens with zero attached hydrogens (tertiary/aromatic N) is 1. The van der Waals surface area contributed by atoms with Crippen LogP contribution in [0.15, 0.2) is 24.3 Å². The zero-order valence-corrected chi connectivity index (χ0v) is 12.1. The maximum atomic E-state index is 11.9. The van der Waals surface area contributed by atoms with E-state index in [0.29, 0.717) is 18.2 Å². The van der Waals surface area contributed by atoms with E-state index < -0.39 is 0 Å². The van der Waals surface area contributed by atoms with Gasteiger partial charge in [-0.2, -0.15) is 0 Å². The van der Waals surface area contributed by atoms with Crippen molar-refractivity contribution in [1.82, 2.24) is 10.2 Å². The van der Waals surface area contributed by atoms with Gasteiger partial charge in [0.1, 0.15) is 6.10 Å². The highest BCUT2D eigenvalue weighted by Crippen LogP contribution is 2.29. The molecule has 1 aromatic carbocycles. The first kappa shape index (κ1) is 15.1. The van der Waals surface area contributed by atoms with Crippen molar-refractivity contribution >= 4 is 17.6 Å². The molecule has 2 N–H and O–H groups in total. The predicted molar refractivity (Wildman–Crippen MR) is 76.8 cm³/mol. The summed E-state index contributed by atoms with van der Waals surface area (Å²) in [7, 11) is 1.65. The standard InChI is InChI=1S/C14H19ClN2O3/c1-17(7-8-18)14(19)16-12-6-9-20-13(12)10-2-4-11(15)5-3-10/h2-5,12-13,18H,6-9H2,1H3,(H,16,19). The molecule has 2 rings (SSSR count). The van der Waals surface area contributed by atoms with E-state index in [-0.39, 0.29) is 24.8 Å². The number of amides is 2. The van der Waals surface area contributed by atoms with Crippen molar-refractivity contribution in [3.05, 3.63) is 34.9 Å². The Bertz CT molecular complexity index is 452. The van der Waals surface area contributed by atoms with Crippen molar-refractivity contribution in [2.45, 2.75) is 18.6 Å². The Morgan fingerprint density at radius 3 is 2.85 bits per heavy atom. The number of likely N-dealkylation sites (N-methyl/N-ethyl adjacent to an activating group) is 1. The van der Waals surface area contributed by atoms with Gasteiger partial charge in [0.25, 0.3) is 0 Å². The third kappa shape index (κ3) is 3.62. The molecular formula is C14H19ClN2O3. The Morgan fingerprint density at radius 2 is 2.20 bits per heavy atom. The number of rotatable bonds is 4. The van der Waals surface area contributed by atoms with Crippen LogP contribution in [-0.2, 0) is 4.74 Å². The van der Waals surface area contributed by atoms with E-state index in [1.807, 2.05) is 24.3 Å². The molecule has 0 saturated carbocycles. The molecule has 2 atom stereocenters. The average Bonchev–Trinajstić information content (AvgIpc) is 2.88. The van der Waals surface area contributed by atoms with E-state index in [1.165, 1.54) is 4.90 Å². The van der Waals surface area contributed by atoms with Crippen LogP contribution in [0.2, 0.25) is 5.02 Å². The van der Waals surface area contributed by atoms with Gasteiger partial charge in [0.05, 0.1) is 12.6 Å². The Morgan fingerprint density at radius 1 is 1.50 bits per heavy atom. The average molecular weight is 299 g/mol. The van der Waals surface area contributed by atoms with Gasteiger partial charge < -0.3 is 20.1 Å². The van der Waals surface area contributed by atoms with Gasteiger partial charge in [0.2, 0.25) is 0 Å². The van der Waals surface area contributed by atoms with Gasteiger partial charge in [0, 0.05) is 25.2 Å². The Labute approximate surface area is 123 Å². The topological polar surface area (TPSA) is 61.8 Å². The minimum atomic E-state index is -0.200. The molecule has 1 saturated heterocycles. The molecule has 2 unspecified atom stereocenters. The molecule has 5 nitrogen and oxygen atoms in total. The summed E-state index contributed by atoms with van der Waals surface area (Å²) in [6.45, 7) is 0.874. The van der Waals surface area contributed by atoms with Crippen molar-refractivity contribution < 1.29 is 14.6 Å². The number of aliphatic hydroxyl groups excluding tert-OH is 1. The van der Waals surface area contributed by atoms with Gasteiger partial charge in [-0.15, -0.1) is 0 Å². The normalized spacial score (nSPS) is 21.8. The quantitative estimate of drug-likeness (QED) is 0.891. The van der Waals surface area contributed by atoms with E-state index in [1.54, 1.807) is 7.05 Å². The number of hydrogen-bond acceptors (Lipinski definition) is 3. The fourth-order valence-electron chi connectivity index (χ4n) is 2.24. The molecule has 0 spiro atoms. The molecule has 0 bridgehead atoms. The molecule has 1 aliphatic rings. The molecule has 1 heterocycles. The van der Waals surface area contributed by atoms with Gasteiger partial charge in [-0.3, -0.25) is 0 Å². The zero-order valence-electron chi connectivity index (χ0n) is 11.4. The maximum absolute atomic E-state index is 11.9. The van der Waals surface area contributed by atoms with Crippen LogP contribution >= 0.6 is 11.6 Å². The number of ether oxygens (including phenoxy) is 1. The zero-order chi connectivity index (χ0) is 14.5. The predicted octanol–water partition coefficient (Wildman–Crippen LogP) is 1.80. The first-order valence-corrected chi connectivity index (χ1v) is 6.99. The molecule has 6 heteroatoms. The number of hydrogen-bond donors (Lipinski definition) is 2. The lowest BCUT2D eigenvalue weighted by Gasteiger charge is -2.24. The Kier molecular flexibility index (Phi) is 5.23. The van der Waals surface area contributed by atoms with Crippen molar-refractivity contribution in [3.8, 4) is 0 Å². The molecule has 1 fully saturated rings. The molecule has 1 aromatic rings. The van der Waals surface area contributed by atoms with E-state index in [4.69, 9.17) is 21.4 Å². The molecule has 20 heavy (non-hydrogen) atoms. The smallest absolute Gasteiger partial charge is 0.317 e. The second-order valence-corrected chi connectivity index (χ2v) is 5.27. The first-order valence-electron chi connectivity index (χ1n) is 6.61. The number of carbonyl (C=O) groups is 1. The summed E-state index contributed by atoms with van der Waals surface area (Å²) in [6.07, 6.45) is 0.616. The van der Waals surface area contributed by atoms with Crippen LogP contribution in [0.25, 0.3) is 0 Å². The van der Waals surface area contributed by atoms with Crippen molar-refractivity contribution in [2.75, 3.05) is 26.8 Å². The summed E-state index contributed by atoms with van der Waals surface area (Å²) >= 11 is 5.87. The Balaban J connectivity index is 2.00. The van der Waals surface area contributed by atoms with Crippen LogP contribution in [0, 0.1) is 0 Å². The number of benzene rings is 1. The third-order valence-corrected chi connectivity index (χ3v) is 3.63. The fraction of sp³-hybridized carbons (Fsp3) is 0.500. The molecule has 2 amide bonds. The van der Waals surface area contributed by atoms with Crippen LogP contribution < -0.4 is 5.32 Å². The molecule has 0 aliphatic carbocycles. The van der Waals surface area contributed by atoms with Crippen LogP contribution in [0.4, 0.5) is 4.79 Å². The Hall–Kier alpha value is -1.30. The van der Waals surface area contributed by atoms with Crippen molar-refractivity contribution in [2.24, 2.45) is 0 Å². The number of nitrogens with one attached hydrogen (secondary N) is 1. The molecular weight excluding hydrogens is 280 g/mol. The van der Waals surface area contributed by atoms with Crippen LogP contribution in [0.5, 0.6) is 0 Å². The summed E-state index contributed by atoms with van der Waals surface area (Å²) in [5, 5.41) is 12.5. The van der Waals surface area contributed by atoms with E-state index >= 15 is 0 Å². The van der Waals surface area contributed by atoms with Crippen LogP contribution in [0.3, 0.4) is 0 Å². The lowest BCUT2D eigenvalue weighted by atomic mass is 10.0. The van der Waals surface area contributed by atoms with Crippen LogP contribution in [0.1, 0.15) is 18.1 Å². The minimum absolute atomic E-state index is 0.0499. The lowest BCUT2D eigenvalue weighted by molar-refractivity contribution is 0.0981. The number of halogens is 1. The van der Waals surface area contributed by atoms with Crippen molar-refractivity contribution in [3.63, 3.8) is 0 Å². The highest BCUT2D eigenvalue weighted by Gasteiger charge is 2.31. The largest absolute Gasteiger partial charge is 0.395 e.